The van der Waals surface area contributed by atoms with Crippen LogP contribution in [0.2, 0.25) is 0 Å². The van der Waals surface area contributed by atoms with Gasteiger partial charge in [0.15, 0.2) is 5.78 Å². The van der Waals surface area contributed by atoms with Gasteiger partial charge in [-0.05, 0) is 19.1 Å². The number of ketones is 1. The fourth-order valence-electron chi connectivity index (χ4n) is 0.877. The Labute approximate surface area is 79.9 Å². The average Bonchev–Trinajstić information content (AvgIpc) is 2.04. The first-order chi connectivity index (χ1) is 5.61. The molecule has 0 saturated carbocycles. The van der Waals surface area contributed by atoms with Crippen LogP contribution in [-0.2, 0) is 0 Å². The summed E-state index contributed by atoms with van der Waals surface area (Å²) in [5.74, 6) is -0.0255. The zero-order valence-electron chi connectivity index (χ0n) is 6.75. The van der Waals surface area contributed by atoms with Gasteiger partial charge in [0.1, 0.15) is 0 Å². The van der Waals surface area contributed by atoms with E-state index in [2.05, 4.69) is 15.9 Å². The third kappa shape index (κ3) is 2.16. The lowest BCUT2D eigenvalue weighted by Crippen LogP contribution is -2.26. The minimum absolute atomic E-state index is 0.0255. The van der Waals surface area contributed by atoms with Crippen molar-refractivity contribution in [1.82, 2.24) is 0 Å². The number of rotatable bonds is 2. The molecule has 0 amide bonds. The fourth-order valence-corrected chi connectivity index (χ4v) is 1.14. The van der Waals surface area contributed by atoms with Crippen molar-refractivity contribution in [3.63, 3.8) is 0 Å². The van der Waals surface area contributed by atoms with Crippen LogP contribution < -0.4 is 5.73 Å². The number of carbonyl (C=O) groups is 1. The Hall–Kier alpha value is -0.670. The highest BCUT2D eigenvalue weighted by Crippen LogP contribution is 2.11. The van der Waals surface area contributed by atoms with Gasteiger partial charge in [0.2, 0.25) is 0 Å². The van der Waals surface area contributed by atoms with Gasteiger partial charge in [0.05, 0.1) is 6.04 Å². The summed E-state index contributed by atoms with van der Waals surface area (Å²) in [6, 6.07) is 6.75. The molecule has 12 heavy (non-hydrogen) atoms. The van der Waals surface area contributed by atoms with Crippen molar-refractivity contribution in [1.29, 1.82) is 0 Å². The van der Waals surface area contributed by atoms with Crippen molar-refractivity contribution in [3.05, 3.63) is 34.3 Å². The molecule has 0 radical (unpaired) electrons. The predicted molar refractivity (Wildman–Crippen MR) is 52.1 cm³/mol. The number of halogens is 1. The normalized spacial score (nSPS) is 12.6. The first-order valence-corrected chi connectivity index (χ1v) is 4.46. The van der Waals surface area contributed by atoms with Crippen LogP contribution >= 0.6 is 15.9 Å². The SMILES string of the molecule is C[C@H](N)C(=O)c1ccc(Br)cc1. The summed E-state index contributed by atoms with van der Waals surface area (Å²) in [6.07, 6.45) is 0. The van der Waals surface area contributed by atoms with Crippen molar-refractivity contribution in [2.24, 2.45) is 5.73 Å². The van der Waals surface area contributed by atoms with E-state index in [1.807, 2.05) is 12.1 Å². The summed E-state index contributed by atoms with van der Waals surface area (Å²) in [5.41, 5.74) is 6.11. The fraction of sp³-hybridized carbons (Fsp3) is 0.222. The third-order valence-corrected chi connectivity index (χ3v) is 2.07. The van der Waals surface area contributed by atoms with Crippen molar-refractivity contribution in [3.8, 4) is 0 Å². The van der Waals surface area contributed by atoms with Gasteiger partial charge in [-0.15, -0.1) is 0 Å². The Balaban J connectivity index is 2.90. The van der Waals surface area contributed by atoms with E-state index in [0.29, 0.717) is 5.56 Å². The molecule has 0 saturated heterocycles. The number of Topliss-reactive ketones (excluding diaryl/α,β-unsaturated/α-hetero) is 1. The highest BCUT2D eigenvalue weighted by Gasteiger charge is 2.09. The van der Waals surface area contributed by atoms with Crippen LogP contribution in [0.5, 0.6) is 0 Å². The van der Waals surface area contributed by atoms with Crippen molar-refractivity contribution < 1.29 is 4.79 Å². The van der Waals surface area contributed by atoms with Gasteiger partial charge in [-0.25, -0.2) is 0 Å². The van der Waals surface area contributed by atoms with Crippen molar-refractivity contribution in [2.45, 2.75) is 13.0 Å². The highest BCUT2D eigenvalue weighted by molar-refractivity contribution is 9.10. The minimum atomic E-state index is -0.425. The Kier molecular flexibility index (Phi) is 3.00. The lowest BCUT2D eigenvalue weighted by atomic mass is 10.1. The van der Waals surface area contributed by atoms with E-state index >= 15 is 0 Å². The summed E-state index contributed by atoms with van der Waals surface area (Å²) in [4.78, 5) is 11.3. The van der Waals surface area contributed by atoms with Crippen LogP contribution in [-0.4, -0.2) is 11.8 Å². The van der Waals surface area contributed by atoms with E-state index in [4.69, 9.17) is 5.73 Å². The lowest BCUT2D eigenvalue weighted by Gasteiger charge is -2.03. The smallest absolute Gasteiger partial charge is 0.179 e. The molecule has 1 rings (SSSR count). The number of benzene rings is 1. The second-order valence-electron chi connectivity index (χ2n) is 2.66. The summed E-state index contributed by atoms with van der Waals surface area (Å²) in [7, 11) is 0. The molecule has 2 nitrogen and oxygen atoms in total. The van der Waals surface area contributed by atoms with Crippen LogP contribution in [0.15, 0.2) is 28.7 Å². The molecule has 0 heterocycles. The molecule has 1 aromatic rings. The summed E-state index contributed by atoms with van der Waals surface area (Å²) in [6.45, 7) is 1.68. The summed E-state index contributed by atoms with van der Waals surface area (Å²) >= 11 is 3.29. The van der Waals surface area contributed by atoms with Crippen LogP contribution in [0.1, 0.15) is 17.3 Å². The maximum absolute atomic E-state index is 11.3. The molecule has 0 unspecified atom stereocenters. The van der Waals surface area contributed by atoms with Crippen molar-refractivity contribution in [2.75, 3.05) is 0 Å². The zero-order valence-corrected chi connectivity index (χ0v) is 8.34. The largest absolute Gasteiger partial charge is 0.321 e. The second kappa shape index (κ2) is 3.83. The monoisotopic (exact) mass is 227 g/mol. The number of hydrogen-bond acceptors (Lipinski definition) is 2. The lowest BCUT2D eigenvalue weighted by molar-refractivity contribution is 0.0968. The molecule has 0 aliphatic carbocycles. The molecular formula is C9H10BrNO. The van der Waals surface area contributed by atoms with Gasteiger partial charge in [0.25, 0.3) is 0 Å². The summed E-state index contributed by atoms with van der Waals surface area (Å²) < 4.78 is 0.962. The minimum Gasteiger partial charge on any atom is -0.321 e. The topological polar surface area (TPSA) is 43.1 Å². The Morgan fingerprint density at radius 3 is 2.33 bits per heavy atom. The molecule has 2 N–H and O–H groups in total. The standard InChI is InChI=1S/C9H10BrNO/c1-6(11)9(12)7-2-4-8(10)5-3-7/h2-6H,11H2,1H3/t6-/m0/s1. The first-order valence-electron chi connectivity index (χ1n) is 3.66. The molecule has 1 aromatic carbocycles. The molecule has 0 fully saturated rings. The van der Waals surface area contributed by atoms with Gasteiger partial charge < -0.3 is 5.73 Å². The van der Waals surface area contributed by atoms with Gasteiger partial charge in [-0.3, -0.25) is 4.79 Å². The molecule has 64 valence electrons. The molecule has 0 spiro atoms. The zero-order chi connectivity index (χ0) is 9.14. The number of hydrogen-bond donors (Lipinski definition) is 1. The number of nitrogens with two attached hydrogens (primary N) is 1. The molecule has 3 heteroatoms. The van der Waals surface area contributed by atoms with E-state index in [-0.39, 0.29) is 5.78 Å². The molecule has 0 aromatic heterocycles. The number of carbonyl (C=O) groups excluding carboxylic acids is 1. The predicted octanol–water partition coefficient (Wildman–Crippen LogP) is 1.98. The van der Waals surface area contributed by atoms with E-state index in [0.717, 1.165) is 4.47 Å². The second-order valence-corrected chi connectivity index (χ2v) is 3.58. The highest BCUT2D eigenvalue weighted by atomic mass is 79.9. The molecule has 0 aliphatic rings. The van der Waals surface area contributed by atoms with Gasteiger partial charge >= 0.3 is 0 Å². The molecule has 1 atom stereocenters. The van der Waals surface area contributed by atoms with Crippen LogP contribution in [0, 0.1) is 0 Å². The average molecular weight is 228 g/mol. The quantitative estimate of drug-likeness (QED) is 0.786. The molecule has 0 aliphatic heterocycles. The maximum Gasteiger partial charge on any atom is 0.179 e. The summed E-state index contributed by atoms with van der Waals surface area (Å²) in [5, 5.41) is 0. The van der Waals surface area contributed by atoms with E-state index in [1.54, 1.807) is 19.1 Å². The Morgan fingerprint density at radius 1 is 1.42 bits per heavy atom. The molecule has 0 bridgehead atoms. The third-order valence-electron chi connectivity index (χ3n) is 1.54. The van der Waals surface area contributed by atoms with E-state index in [1.165, 1.54) is 0 Å². The van der Waals surface area contributed by atoms with Gasteiger partial charge in [-0.2, -0.15) is 0 Å². The molecular weight excluding hydrogens is 218 g/mol. The van der Waals surface area contributed by atoms with Crippen LogP contribution in [0.4, 0.5) is 0 Å². The van der Waals surface area contributed by atoms with Gasteiger partial charge in [0, 0.05) is 10.0 Å². The van der Waals surface area contributed by atoms with Crippen molar-refractivity contribution >= 4 is 21.7 Å². The van der Waals surface area contributed by atoms with Crippen LogP contribution in [0.25, 0.3) is 0 Å². The first kappa shape index (κ1) is 9.42. The van der Waals surface area contributed by atoms with Crippen LogP contribution in [0.3, 0.4) is 0 Å². The Bertz CT molecular complexity index is 279. The van der Waals surface area contributed by atoms with Gasteiger partial charge in [-0.1, -0.05) is 28.1 Å². The Morgan fingerprint density at radius 2 is 1.92 bits per heavy atom. The van der Waals surface area contributed by atoms with E-state index < -0.39 is 6.04 Å². The maximum atomic E-state index is 11.3. The van der Waals surface area contributed by atoms with E-state index in [9.17, 15) is 4.79 Å².